The highest BCUT2D eigenvalue weighted by molar-refractivity contribution is 6.32. The van der Waals surface area contributed by atoms with Crippen LogP contribution >= 0.6 is 0 Å². The minimum Gasteiger partial charge on any atom is -0.297 e. The van der Waals surface area contributed by atoms with Crippen LogP contribution in [-0.2, 0) is 12.1 Å². The Bertz CT molecular complexity index is 1290. The Labute approximate surface area is 205 Å². The van der Waals surface area contributed by atoms with Crippen molar-refractivity contribution in [3.05, 3.63) is 106 Å². The number of benzene rings is 3. The Morgan fingerprint density at radius 1 is 0.857 bits per heavy atom. The van der Waals surface area contributed by atoms with Crippen LogP contribution in [0.5, 0.6) is 0 Å². The average molecular weight is 469 g/mol. The Morgan fingerprint density at radius 2 is 1.54 bits per heavy atom. The van der Waals surface area contributed by atoms with Crippen LogP contribution in [0.2, 0.25) is 0 Å². The second-order valence-corrected chi connectivity index (χ2v) is 10.1. The topological polar surface area (TPSA) is 40.6 Å². The molecule has 6 rings (SSSR count). The zero-order valence-corrected chi connectivity index (χ0v) is 20.0. The normalized spacial score (nSPS) is 20.3. The van der Waals surface area contributed by atoms with E-state index >= 15 is 0 Å². The molecule has 5 heteroatoms. The standard InChI is InChI=1S/C30H29FN2O2/c1-20-9-12-25(31)18-23(20)19-32-13-15-33(16-14-32)30(24-6-4-5-22(17-24)21-10-11-21)28(34)26-7-2-3-8-27(26)29(30)35/h2-9,12,17-18,21H,10-11,13-16,19H2,1H3. The molecule has 3 aromatic rings. The lowest BCUT2D eigenvalue weighted by Crippen LogP contribution is -2.60. The summed E-state index contributed by atoms with van der Waals surface area (Å²) in [6, 6.07) is 20.3. The van der Waals surface area contributed by atoms with Crippen LogP contribution in [0.25, 0.3) is 0 Å². The molecule has 1 heterocycles. The van der Waals surface area contributed by atoms with E-state index in [-0.39, 0.29) is 17.4 Å². The van der Waals surface area contributed by atoms with Crippen molar-refractivity contribution in [3.63, 3.8) is 0 Å². The van der Waals surface area contributed by atoms with Gasteiger partial charge in [0.2, 0.25) is 0 Å². The third-order valence-corrected chi connectivity index (χ3v) is 7.98. The minimum atomic E-state index is -1.31. The first-order valence-corrected chi connectivity index (χ1v) is 12.5. The summed E-state index contributed by atoms with van der Waals surface area (Å²) in [4.78, 5) is 32.5. The third kappa shape index (κ3) is 3.65. The summed E-state index contributed by atoms with van der Waals surface area (Å²) in [5.74, 6) is 0.0897. The van der Waals surface area contributed by atoms with Crippen LogP contribution in [0.4, 0.5) is 4.39 Å². The number of carbonyl (C=O) groups excluding carboxylic acids is 2. The van der Waals surface area contributed by atoms with Crippen LogP contribution in [0, 0.1) is 12.7 Å². The molecule has 1 saturated heterocycles. The lowest BCUT2D eigenvalue weighted by Gasteiger charge is -2.44. The highest BCUT2D eigenvalue weighted by atomic mass is 19.1. The van der Waals surface area contributed by atoms with Crippen LogP contribution in [0.1, 0.15) is 61.7 Å². The summed E-state index contributed by atoms with van der Waals surface area (Å²) >= 11 is 0. The Hall–Kier alpha value is -3.15. The van der Waals surface area contributed by atoms with Crippen molar-refractivity contribution in [2.24, 2.45) is 0 Å². The molecule has 178 valence electrons. The van der Waals surface area contributed by atoms with Gasteiger partial charge >= 0.3 is 0 Å². The Kier molecular flexibility index (Phi) is 5.42. The van der Waals surface area contributed by atoms with Crippen LogP contribution in [0.15, 0.2) is 66.7 Å². The lowest BCUT2D eigenvalue weighted by molar-refractivity contribution is 0.0278. The summed E-state index contributed by atoms with van der Waals surface area (Å²) < 4.78 is 13.8. The molecule has 1 aliphatic heterocycles. The highest BCUT2D eigenvalue weighted by Crippen LogP contribution is 2.46. The fraction of sp³-hybridized carbons (Fsp3) is 0.333. The van der Waals surface area contributed by atoms with Gasteiger partial charge in [-0.05, 0) is 60.1 Å². The number of Topliss-reactive ketones (excluding diaryl/α,β-unsaturated/α-hetero) is 2. The summed E-state index contributed by atoms with van der Waals surface area (Å²) in [6.07, 6.45) is 2.33. The van der Waals surface area contributed by atoms with E-state index in [1.54, 1.807) is 18.2 Å². The van der Waals surface area contributed by atoms with Gasteiger partial charge in [0.15, 0.2) is 17.1 Å². The van der Waals surface area contributed by atoms with Crippen molar-refractivity contribution >= 4 is 11.6 Å². The number of hydrogen-bond donors (Lipinski definition) is 0. The number of aryl methyl sites for hydroxylation is 1. The zero-order chi connectivity index (χ0) is 24.2. The Morgan fingerprint density at radius 3 is 2.20 bits per heavy atom. The predicted octanol–water partition coefficient (Wildman–Crippen LogP) is 5.10. The summed E-state index contributed by atoms with van der Waals surface area (Å²) in [5, 5.41) is 0. The number of ketones is 2. The van der Waals surface area contributed by atoms with E-state index in [1.165, 1.54) is 11.6 Å². The third-order valence-electron chi connectivity index (χ3n) is 7.98. The molecule has 0 unspecified atom stereocenters. The molecule has 0 N–H and O–H groups in total. The van der Waals surface area contributed by atoms with Gasteiger partial charge in [0, 0.05) is 43.9 Å². The van der Waals surface area contributed by atoms with E-state index < -0.39 is 5.54 Å². The molecule has 1 saturated carbocycles. The average Bonchev–Trinajstić information content (AvgIpc) is 3.70. The quantitative estimate of drug-likeness (QED) is 0.489. The molecular weight excluding hydrogens is 439 g/mol. The highest BCUT2D eigenvalue weighted by Gasteiger charge is 2.58. The molecule has 0 bridgehead atoms. The number of halogens is 1. The van der Waals surface area contributed by atoms with E-state index in [0.29, 0.717) is 49.8 Å². The van der Waals surface area contributed by atoms with Crippen molar-refractivity contribution < 1.29 is 14.0 Å². The van der Waals surface area contributed by atoms with Gasteiger partial charge in [0.05, 0.1) is 0 Å². The smallest absolute Gasteiger partial charge is 0.196 e. The molecule has 0 radical (unpaired) electrons. The van der Waals surface area contributed by atoms with Gasteiger partial charge in [0.1, 0.15) is 5.82 Å². The van der Waals surface area contributed by atoms with Crippen molar-refractivity contribution in [2.45, 2.75) is 37.8 Å². The van der Waals surface area contributed by atoms with Gasteiger partial charge in [-0.2, -0.15) is 0 Å². The van der Waals surface area contributed by atoms with Crippen LogP contribution < -0.4 is 0 Å². The van der Waals surface area contributed by atoms with Crippen molar-refractivity contribution in [1.82, 2.24) is 9.80 Å². The van der Waals surface area contributed by atoms with E-state index in [0.717, 1.165) is 29.5 Å². The van der Waals surface area contributed by atoms with Crippen molar-refractivity contribution in [1.29, 1.82) is 0 Å². The molecule has 2 fully saturated rings. The van der Waals surface area contributed by atoms with Gasteiger partial charge < -0.3 is 0 Å². The van der Waals surface area contributed by atoms with E-state index in [1.807, 2.05) is 37.3 Å². The molecule has 2 aliphatic carbocycles. The molecule has 3 aromatic carbocycles. The molecule has 0 atom stereocenters. The number of fused-ring (bicyclic) bond motifs is 1. The van der Waals surface area contributed by atoms with E-state index in [4.69, 9.17) is 0 Å². The molecule has 4 nitrogen and oxygen atoms in total. The largest absolute Gasteiger partial charge is 0.297 e. The molecule has 0 aromatic heterocycles. The number of rotatable bonds is 5. The SMILES string of the molecule is Cc1ccc(F)cc1CN1CCN(C2(c3cccc(C4CC4)c3)C(=O)c3ccccc3C2=O)CC1. The molecule has 0 amide bonds. The molecule has 35 heavy (non-hydrogen) atoms. The van der Waals surface area contributed by atoms with Crippen molar-refractivity contribution in [2.75, 3.05) is 26.2 Å². The van der Waals surface area contributed by atoms with Gasteiger partial charge in [-0.3, -0.25) is 19.4 Å². The maximum Gasteiger partial charge on any atom is 0.196 e. The van der Waals surface area contributed by atoms with Crippen LogP contribution in [0.3, 0.4) is 0 Å². The van der Waals surface area contributed by atoms with Crippen LogP contribution in [-0.4, -0.2) is 47.5 Å². The zero-order valence-electron chi connectivity index (χ0n) is 20.0. The van der Waals surface area contributed by atoms with Gasteiger partial charge in [-0.1, -0.05) is 54.6 Å². The van der Waals surface area contributed by atoms with Gasteiger partial charge in [0.25, 0.3) is 0 Å². The first-order valence-electron chi connectivity index (χ1n) is 12.5. The molecular formula is C30H29FN2O2. The van der Waals surface area contributed by atoms with E-state index in [9.17, 15) is 14.0 Å². The van der Waals surface area contributed by atoms with Crippen molar-refractivity contribution in [3.8, 4) is 0 Å². The first kappa shape index (κ1) is 22.3. The number of piperazine rings is 1. The number of nitrogens with zero attached hydrogens (tertiary/aromatic N) is 2. The Balaban J connectivity index is 1.33. The summed E-state index contributed by atoms with van der Waals surface area (Å²) in [5.41, 5.74) is 3.79. The number of carbonyl (C=O) groups is 2. The minimum absolute atomic E-state index is 0.111. The van der Waals surface area contributed by atoms with Gasteiger partial charge in [-0.15, -0.1) is 0 Å². The van der Waals surface area contributed by atoms with E-state index in [2.05, 4.69) is 21.9 Å². The fourth-order valence-electron chi connectivity index (χ4n) is 5.83. The monoisotopic (exact) mass is 468 g/mol. The summed E-state index contributed by atoms with van der Waals surface area (Å²) in [7, 11) is 0. The summed E-state index contributed by atoms with van der Waals surface area (Å²) in [6.45, 7) is 5.25. The number of hydrogen-bond acceptors (Lipinski definition) is 4. The fourth-order valence-corrected chi connectivity index (χ4v) is 5.83. The second kappa shape index (κ2) is 8.51. The second-order valence-electron chi connectivity index (χ2n) is 10.1. The first-order chi connectivity index (χ1) is 17.0. The maximum atomic E-state index is 14.1. The van der Waals surface area contributed by atoms with Gasteiger partial charge in [-0.25, -0.2) is 4.39 Å². The molecule has 0 spiro atoms. The molecule has 3 aliphatic rings. The predicted molar refractivity (Wildman–Crippen MR) is 133 cm³/mol. The lowest BCUT2D eigenvalue weighted by atomic mass is 9.81. The maximum absolute atomic E-state index is 14.1.